The van der Waals surface area contributed by atoms with Crippen LogP contribution in [0.3, 0.4) is 0 Å². The van der Waals surface area contributed by atoms with E-state index in [1.807, 2.05) is 0 Å². The summed E-state index contributed by atoms with van der Waals surface area (Å²) in [6.07, 6.45) is 6.26. The van der Waals surface area contributed by atoms with Gasteiger partial charge in [0.15, 0.2) is 12.6 Å². The summed E-state index contributed by atoms with van der Waals surface area (Å²) in [4.78, 5) is 0. The van der Waals surface area contributed by atoms with Crippen LogP contribution in [-0.2, 0) is 18.9 Å². The van der Waals surface area contributed by atoms with Gasteiger partial charge in [0.1, 0.15) is 32.8 Å². The molecule has 0 amide bonds. The number of benzene rings is 10. The molecule has 0 bridgehead atoms. The summed E-state index contributed by atoms with van der Waals surface area (Å²) in [5.74, 6) is 1.69. The third-order valence-corrected chi connectivity index (χ3v) is 18.2. The minimum Gasteiger partial charge on any atom is -0.491 e. The van der Waals surface area contributed by atoms with E-state index in [2.05, 4.69) is 159 Å². The van der Waals surface area contributed by atoms with Crippen molar-refractivity contribution in [1.29, 1.82) is 0 Å². The molecule has 0 spiro atoms. The SMILES string of the molecule is C[Si](C)(c1ccc2ccc3c(-c4ccc(OCCOC5CCCCO5)cc4)ccc4ccc1c2c43)c1ccc2ccc3c(-c4ccc(OCCOC5CCCCO5)cc4)ccc4ccc1c2c43. The topological polar surface area (TPSA) is 55.4 Å². The Morgan fingerprint density at radius 3 is 1.18 bits per heavy atom. The van der Waals surface area contributed by atoms with Crippen LogP contribution in [0.5, 0.6) is 11.5 Å². The van der Waals surface area contributed by atoms with Crippen LogP contribution in [0.4, 0.5) is 0 Å². The van der Waals surface area contributed by atoms with Crippen molar-refractivity contribution in [3.63, 3.8) is 0 Å². The summed E-state index contributed by atoms with van der Waals surface area (Å²) in [5, 5.41) is 18.7. The van der Waals surface area contributed by atoms with Gasteiger partial charge in [-0.15, -0.1) is 0 Å². The zero-order chi connectivity index (χ0) is 44.9. The fraction of sp³-hybridized carbons (Fsp3) is 0.267. The molecule has 6 nitrogen and oxygen atoms in total. The van der Waals surface area contributed by atoms with Gasteiger partial charge >= 0.3 is 0 Å². The Kier molecular flexibility index (Phi) is 11.3. The van der Waals surface area contributed by atoms with E-state index in [9.17, 15) is 0 Å². The normalized spacial score (nSPS) is 17.2. The highest BCUT2D eigenvalue weighted by Gasteiger charge is 2.31. The summed E-state index contributed by atoms with van der Waals surface area (Å²) >= 11 is 0. The standard InChI is InChI=1S/C60H56O6Si/c1-67(2,53-31-19-43-15-27-49-47(25-13-41-17-29-51(53)59(43)57(41)49)39-9-21-45(22-10-39)61-35-37-65-55-7-3-5-33-63-55)54-32-20-44-16-28-50-48(26-14-42-18-30-52(54)60(44)58(42)50)40-11-23-46(24-12-40)62-36-38-66-56-8-4-6-34-64-56/h9-32,55-56H,3-8,33-38H2,1-2H3. The maximum absolute atomic E-state index is 6.08. The van der Waals surface area contributed by atoms with Crippen molar-refractivity contribution in [2.75, 3.05) is 39.6 Å². The van der Waals surface area contributed by atoms with Gasteiger partial charge in [-0.1, -0.05) is 134 Å². The van der Waals surface area contributed by atoms with Crippen LogP contribution in [0.2, 0.25) is 13.1 Å². The Morgan fingerprint density at radius 2 is 0.776 bits per heavy atom. The van der Waals surface area contributed by atoms with Crippen molar-refractivity contribution in [2.45, 2.75) is 64.2 Å². The number of hydrogen-bond donors (Lipinski definition) is 0. The zero-order valence-corrected chi connectivity index (χ0v) is 39.4. The third-order valence-electron chi connectivity index (χ3n) is 14.6. The number of hydrogen-bond acceptors (Lipinski definition) is 6. The summed E-state index contributed by atoms with van der Waals surface area (Å²) in [5.41, 5.74) is 4.82. The van der Waals surface area contributed by atoms with Gasteiger partial charge in [-0.25, -0.2) is 0 Å². The van der Waals surface area contributed by atoms with Crippen LogP contribution in [0, 0.1) is 0 Å². The molecular formula is C60H56O6Si. The number of rotatable bonds is 14. The molecule has 0 aromatic heterocycles. The van der Waals surface area contributed by atoms with Gasteiger partial charge in [0.25, 0.3) is 0 Å². The van der Waals surface area contributed by atoms with Gasteiger partial charge in [0, 0.05) is 13.2 Å². The van der Waals surface area contributed by atoms with E-state index in [-0.39, 0.29) is 12.6 Å². The van der Waals surface area contributed by atoms with Crippen molar-refractivity contribution in [2.24, 2.45) is 0 Å². The average Bonchev–Trinajstić information content (AvgIpc) is 3.38. The summed E-state index contributed by atoms with van der Waals surface area (Å²) in [6.45, 7) is 8.67. The van der Waals surface area contributed by atoms with E-state index in [1.54, 1.807) is 0 Å². The van der Waals surface area contributed by atoms with Gasteiger partial charge in [-0.05, 0) is 160 Å². The fourth-order valence-electron chi connectivity index (χ4n) is 11.2. The first kappa shape index (κ1) is 42.3. The maximum atomic E-state index is 6.08. The average molecular weight is 901 g/mol. The molecule has 0 aliphatic carbocycles. The molecule has 7 heteroatoms. The smallest absolute Gasteiger partial charge is 0.157 e. The zero-order valence-electron chi connectivity index (χ0n) is 38.4. The van der Waals surface area contributed by atoms with Gasteiger partial charge in [0.05, 0.1) is 13.2 Å². The van der Waals surface area contributed by atoms with Crippen LogP contribution in [-0.4, -0.2) is 60.3 Å². The van der Waals surface area contributed by atoms with Gasteiger partial charge in [-0.3, -0.25) is 0 Å². The molecule has 2 unspecified atom stereocenters. The molecule has 0 radical (unpaired) electrons. The lowest BCUT2D eigenvalue weighted by Crippen LogP contribution is -2.53. The van der Waals surface area contributed by atoms with Crippen molar-refractivity contribution < 1.29 is 28.4 Å². The molecule has 2 atom stereocenters. The Hall–Kier alpha value is -6.06. The molecule has 67 heavy (non-hydrogen) atoms. The first-order chi connectivity index (χ1) is 33.0. The van der Waals surface area contributed by atoms with Gasteiger partial charge in [0.2, 0.25) is 0 Å². The number of ether oxygens (including phenoxy) is 6. The molecule has 0 N–H and O–H groups in total. The highest BCUT2D eigenvalue weighted by atomic mass is 28.3. The lowest BCUT2D eigenvalue weighted by Gasteiger charge is -2.29. The summed E-state index contributed by atoms with van der Waals surface area (Å²) in [7, 11) is -2.32. The largest absolute Gasteiger partial charge is 0.491 e. The van der Waals surface area contributed by atoms with E-state index in [0.29, 0.717) is 26.4 Å². The highest BCUT2D eigenvalue weighted by Crippen LogP contribution is 2.42. The van der Waals surface area contributed by atoms with Crippen LogP contribution >= 0.6 is 0 Å². The second kappa shape index (κ2) is 17.9. The minimum atomic E-state index is -2.32. The van der Waals surface area contributed by atoms with E-state index in [4.69, 9.17) is 28.4 Å². The van der Waals surface area contributed by atoms with Crippen molar-refractivity contribution in [3.05, 3.63) is 146 Å². The fourth-order valence-corrected chi connectivity index (χ4v) is 14.2. The van der Waals surface area contributed by atoms with Crippen LogP contribution in [0.15, 0.2) is 146 Å². The van der Waals surface area contributed by atoms with Crippen molar-refractivity contribution >= 4 is 83.1 Å². The summed E-state index contributed by atoms with van der Waals surface area (Å²) in [6, 6.07) is 54.5. The molecule has 2 saturated heterocycles. The van der Waals surface area contributed by atoms with E-state index in [0.717, 1.165) is 63.2 Å². The second-order valence-electron chi connectivity index (χ2n) is 19.0. The Labute approximate surface area is 393 Å². The third kappa shape index (κ3) is 7.87. The molecule has 2 aliphatic heterocycles. The molecule has 0 saturated carbocycles. The Bertz CT molecular complexity index is 3130. The predicted molar refractivity (Wildman–Crippen MR) is 278 cm³/mol. The molecule has 10 aromatic carbocycles. The first-order valence-corrected chi connectivity index (χ1v) is 27.3. The monoisotopic (exact) mass is 900 g/mol. The molecule has 2 fully saturated rings. The van der Waals surface area contributed by atoms with Crippen LogP contribution in [0.1, 0.15) is 38.5 Å². The summed E-state index contributed by atoms with van der Waals surface area (Å²) < 4.78 is 35.3. The molecule has 2 aliphatic rings. The maximum Gasteiger partial charge on any atom is 0.157 e. The van der Waals surface area contributed by atoms with Gasteiger partial charge in [-0.2, -0.15) is 0 Å². The van der Waals surface area contributed by atoms with E-state index in [1.165, 1.54) is 97.3 Å². The van der Waals surface area contributed by atoms with Crippen molar-refractivity contribution in [1.82, 2.24) is 0 Å². The Morgan fingerprint density at radius 1 is 0.403 bits per heavy atom. The van der Waals surface area contributed by atoms with Gasteiger partial charge < -0.3 is 28.4 Å². The van der Waals surface area contributed by atoms with E-state index < -0.39 is 8.07 Å². The minimum absolute atomic E-state index is 0.100. The van der Waals surface area contributed by atoms with Crippen LogP contribution < -0.4 is 19.8 Å². The Balaban J connectivity index is 0.851. The predicted octanol–water partition coefficient (Wildman–Crippen LogP) is 13.5. The second-order valence-corrected chi connectivity index (χ2v) is 23.3. The lowest BCUT2D eigenvalue weighted by atomic mass is 9.90. The van der Waals surface area contributed by atoms with Crippen LogP contribution in [0.25, 0.3) is 86.9 Å². The molecule has 10 aromatic rings. The lowest BCUT2D eigenvalue weighted by molar-refractivity contribution is -0.165. The van der Waals surface area contributed by atoms with E-state index >= 15 is 0 Å². The molecule has 336 valence electrons. The first-order valence-electron chi connectivity index (χ1n) is 24.3. The highest BCUT2D eigenvalue weighted by molar-refractivity contribution is 7.03. The van der Waals surface area contributed by atoms with Crippen molar-refractivity contribution in [3.8, 4) is 33.8 Å². The molecule has 2 heterocycles. The molecule has 12 rings (SSSR count). The quantitative estimate of drug-likeness (QED) is 0.0616. The molecular weight excluding hydrogens is 845 g/mol.